The van der Waals surface area contributed by atoms with Crippen molar-refractivity contribution >= 4 is 28.2 Å². The lowest BCUT2D eigenvalue weighted by Gasteiger charge is -2.25. The monoisotopic (exact) mass is 387 g/mol. The van der Waals surface area contributed by atoms with Crippen molar-refractivity contribution in [1.82, 2.24) is 4.90 Å². The molecule has 3 heterocycles. The molecule has 142 valence electrons. The van der Waals surface area contributed by atoms with Crippen molar-refractivity contribution in [2.75, 3.05) is 25.0 Å². The van der Waals surface area contributed by atoms with Crippen LogP contribution in [0.4, 0.5) is 5.00 Å². The zero-order valence-corrected chi connectivity index (χ0v) is 15.8. The van der Waals surface area contributed by atoms with Gasteiger partial charge in [0.15, 0.2) is 11.5 Å². The zero-order valence-electron chi connectivity index (χ0n) is 15.0. The fourth-order valence-electron chi connectivity index (χ4n) is 3.42. The standard InChI is InChI=1S/C19H21N3O4S/c1-2-22-8-7-11-15(9-22)27-19(16(11)17(20)23)21-18(24)14-10-25-12-5-3-4-6-13(12)26-14/h3-6,14H,2,7-10H2,1H3,(H2,20,23)(H,21,24)/t14-/m0/s1. The number of nitrogens with one attached hydrogen (secondary N) is 1. The number of carbonyl (C=O) groups is 2. The van der Waals surface area contributed by atoms with E-state index in [4.69, 9.17) is 15.2 Å². The first-order valence-corrected chi connectivity index (χ1v) is 9.74. The minimum Gasteiger partial charge on any atom is -0.485 e. The summed E-state index contributed by atoms with van der Waals surface area (Å²) in [6.45, 7) is 4.81. The molecule has 0 fully saturated rings. The minimum atomic E-state index is -0.785. The van der Waals surface area contributed by atoms with E-state index >= 15 is 0 Å². The number of benzene rings is 1. The summed E-state index contributed by atoms with van der Waals surface area (Å²) in [5.41, 5.74) is 7.00. The van der Waals surface area contributed by atoms with Crippen LogP contribution in [0.3, 0.4) is 0 Å². The van der Waals surface area contributed by atoms with Gasteiger partial charge in [-0.2, -0.15) is 0 Å². The molecule has 1 aromatic heterocycles. The normalized spacial score (nSPS) is 18.6. The molecule has 0 saturated heterocycles. The molecule has 4 rings (SSSR count). The van der Waals surface area contributed by atoms with Gasteiger partial charge in [-0.05, 0) is 30.7 Å². The van der Waals surface area contributed by atoms with Crippen LogP contribution in [0.2, 0.25) is 0 Å². The lowest BCUT2D eigenvalue weighted by molar-refractivity contribution is -0.125. The average Bonchev–Trinajstić information content (AvgIpc) is 3.04. The van der Waals surface area contributed by atoms with Gasteiger partial charge in [0, 0.05) is 18.0 Å². The van der Waals surface area contributed by atoms with Crippen LogP contribution < -0.4 is 20.5 Å². The second-order valence-corrected chi connectivity index (χ2v) is 7.65. The Balaban J connectivity index is 1.55. The number of para-hydroxylation sites is 2. The van der Waals surface area contributed by atoms with Crippen molar-refractivity contribution in [2.45, 2.75) is 26.0 Å². The first-order valence-electron chi connectivity index (χ1n) is 8.92. The zero-order chi connectivity index (χ0) is 19.0. The Morgan fingerprint density at radius 1 is 1.33 bits per heavy atom. The Kier molecular flexibility index (Phi) is 4.75. The molecule has 1 atom stereocenters. The molecule has 0 unspecified atom stereocenters. The average molecular weight is 387 g/mol. The Hall–Kier alpha value is -2.58. The van der Waals surface area contributed by atoms with E-state index in [1.54, 1.807) is 12.1 Å². The van der Waals surface area contributed by atoms with Crippen molar-refractivity contribution in [3.05, 3.63) is 40.3 Å². The summed E-state index contributed by atoms with van der Waals surface area (Å²) in [4.78, 5) is 28.1. The van der Waals surface area contributed by atoms with Crippen molar-refractivity contribution in [3.63, 3.8) is 0 Å². The highest BCUT2D eigenvalue weighted by atomic mass is 32.1. The fourth-order valence-corrected chi connectivity index (χ4v) is 4.71. The quantitative estimate of drug-likeness (QED) is 0.837. The van der Waals surface area contributed by atoms with Gasteiger partial charge in [-0.1, -0.05) is 19.1 Å². The molecule has 2 aromatic rings. The highest BCUT2D eigenvalue weighted by Gasteiger charge is 2.31. The summed E-state index contributed by atoms with van der Waals surface area (Å²) < 4.78 is 11.3. The highest BCUT2D eigenvalue weighted by molar-refractivity contribution is 7.17. The smallest absolute Gasteiger partial charge is 0.269 e. The number of nitrogens with two attached hydrogens (primary N) is 1. The first kappa shape index (κ1) is 17.8. The van der Waals surface area contributed by atoms with Gasteiger partial charge >= 0.3 is 0 Å². The maximum absolute atomic E-state index is 12.7. The molecular formula is C19H21N3O4S. The van der Waals surface area contributed by atoms with Gasteiger partial charge in [0.1, 0.15) is 11.6 Å². The molecule has 2 aliphatic rings. The maximum atomic E-state index is 12.7. The van der Waals surface area contributed by atoms with Gasteiger partial charge in [-0.15, -0.1) is 11.3 Å². The molecule has 0 aliphatic carbocycles. The van der Waals surface area contributed by atoms with E-state index < -0.39 is 12.0 Å². The molecule has 27 heavy (non-hydrogen) atoms. The van der Waals surface area contributed by atoms with Gasteiger partial charge in [0.05, 0.1) is 5.56 Å². The van der Waals surface area contributed by atoms with E-state index in [-0.39, 0.29) is 12.5 Å². The minimum absolute atomic E-state index is 0.115. The predicted octanol–water partition coefficient (Wildman–Crippen LogP) is 2.00. The van der Waals surface area contributed by atoms with Gasteiger partial charge in [0.2, 0.25) is 6.10 Å². The Morgan fingerprint density at radius 2 is 2.11 bits per heavy atom. The summed E-state index contributed by atoms with van der Waals surface area (Å²) >= 11 is 1.42. The lowest BCUT2D eigenvalue weighted by Crippen LogP contribution is -2.40. The maximum Gasteiger partial charge on any atom is 0.269 e. The second kappa shape index (κ2) is 7.21. The number of anilines is 1. The number of amides is 2. The third kappa shape index (κ3) is 3.38. The molecular weight excluding hydrogens is 366 g/mol. The number of thiophene rings is 1. The fraction of sp³-hybridized carbons (Fsp3) is 0.368. The molecule has 0 saturated carbocycles. The molecule has 2 amide bonds. The number of carbonyl (C=O) groups excluding carboxylic acids is 2. The summed E-state index contributed by atoms with van der Waals surface area (Å²) in [5, 5.41) is 3.34. The summed E-state index contributed by atoms with van der Waals surface area (Å²) in [5.74, 6) is 0.283. The van der Waals surface area contributed by atoms with Gasteiger partial charge in [-0.25, -0.2) is 0 Å². The number of hydrogen-bond donors (Lipinski definition) is 2. The van der Waals surface area contributed by atoms with Gasteiger partial charge in [-0.3, -0.25) is 14.5 Å². The van der Waals surface area contributed by atoms with Crippen molar-refractivity contribution < 1.29 is 19.1 Å². The molecule has 2 aliphatic heterocycles. The van der Waals surface area contributed by atoms with Crippen molar-refractivity contribution in [3.8, 4) is 11.5 Å². The van der Waals surface area contributed by atoms with E-state index in [9.17, 15) is 9.59 Å². The van der Waals surface area contributed by atoms with Crippen molar-refractivity contribution in [2.24, 2.45) is 5.73 Å². The summed E-state index contributed by atoms with van der Waals surface area (Å²) in [6.07, 6.45) is -0.0311. The summed E-state index contributed by atoms with van der Waals surface area (Å²) in [6, 6.07) is 7.21. The number of likely N-dealkylation sites (N-methyl/N-ethyl adjacent to an activating group) is 1. The number of hydrogen-bond acceptors (Lipinski definition) is 6. The lowest BCUT2D eigenvalue weighted by atomic mass is 10.0. The Morgan fingerprint density at radius 3 is 2.85 bits per heavy atom. The van der Waals surface area contributed by atoms with E-state index in [1.807, 2.05) is 12.1 Å². The number of nitrogens with zero attached hydrogens (tertiary/aromatic N) is 1. The third-order valence-corrected chi connectivity index (χ3v) is 6.00. The van der Waals surface area contributed by atoms with Crippen LogP contribution in [-0.4, -0.2) is 42.5 Å². The SMILES string of the molecule is CCN1CCc2c(sc(NC(=O)[C@@H]3COc4ccccc4O3)c2C(N)=O)C1. The number of ether oxygens (including phenoxy) is 2. The molecule has 0 bridgehead atoms. The summed E-state index contributed by atoms with van der Waals surface area (Å²) in [7, 11) is 0. The van der Waals surface area contributed by atoms with Crippen LogP contribution in [-0.2, 0) is 17.8 Å². The molecule has 8 heteroatoms. The molecule has 0 spiro atoms. The van der Waals surface area contributed by atoms with Crippen LogP contribution >= 0.6 is 11.3 Å². The first-order chi connectivity index (χ1) is 13.1. The van der Waals surface area contributed by atoms with Crippen LogP contribution in [0, 0.1) is 0 Å². The van der Waals surface area contributed by atoms with E-state index in [0.717, 1.165) is 36.5 Å². The van der Waals surface area contributed by atoms with Crippen LogP contribution in [0.5, 0.6) is 11.5 Å². The Bertz CT molecular complexity index is 895. The topological polar surface area (TPSA) is 93.9 Å². The van der Waals surface area contributed by atoms with Crippen molar-refractivity contribution in [1.29, 1.82) is 0 Å². The molecule has 1 aromatic carbocycles. The third-order valence-electron chi connectivity index (χ3n) is 4.87. The van der Waals surface area contributed by atoms with E-state index in [0.29, 0.717) is 22.1 Å². The van der Waals surface area contributed by atoms with Crippen LogP contribution in [0.25, 0.3) is 0 Å². The predicted molar refractivity (Wildman–Crippen MR) is 102 cm³/mol. The number of primary amides is 1. The molecule has 3 N–H and O–H groups in total. The number of rotatable bonds is 4. The van der Waals surface area contributed by atoms with E-state index in [1.165, 1.54) is 11.3 Å². The van der Waals surface area contributed by atoms with Gasteiger partial charge in [0.25, 0.3) is 11.8 Å². The molecule has 0 radical (unpaired) electrons. The molecule has 7 nitrogen and oxygen atoms in total. The largest absolute Gasteiger partial charge is 0.485 e. The van der Waals surface area contributed by atoms with Crippen LogP contribution in [0.1, 0.15) is 27.7 Å². The van der Waals surface area contributed by atoms with E-state index in [2.05, 4.69) is 17.1 Å². The highest BCUT2D eigenvalue weighted by Crippen LogP contribution is 2.37. The second-order valence-electron chi connectivity index (χ2n) is 6.54. The van der Waals surface area contributed by atoms with Gasteiger partial charge < -0.3 is 20.5 Å². The van der Waals surface area contributed by atoms with Crippen LogP contribution in [0.15, 0.2) is 24.3 Å². The number of fused-ring (bicyclic) bond motifs is 2. The Labute approximate surface area is 161 Å².